The number of anilines is 1. The van der Waals surface area contributed by atoms with Crippen molar-refractivity contribution < 1.29 is 13.2 Å². The van der Waals surface area contributed by atoms with Gasteiger partial charge in [-0.1, -0.05) is 50.1 Å². The normalized spacial score (nSPS) is 11.2. The molecule has 5 nitrogen and oxygen atoms in total. The molecule has 0 saturated carbocycles. The number of nitrogens with zero attached hydrogens (tertiary/aromatic N) is 1. The number of carbonyl (C=O) groups excluding carboxylic acids is 1. The predicted octanol–water partition coefficient (Wildman–Crippen LogP) is 3.81. The van der Waals surface area contributed by atoms with Gasteiger partial charge >= 0.3 is 0 Å². The van der Waals surface area contributed by atoms with Gasteiger partial charge in [0, 0.05) is 6.54 Å². The molecule has 27 heavy (non-hydrogen) atoms. The number of amides is 1. The third-order valence-electron chi connectivity index (χ3n) is 4.35. The van der Waals surface area contributed by atoms with Gasteiger partial charge < -0.3 is 5.32 Å². The maximum atomic E-state index is 13.3. The van der Waals surface area contributed by atoms with Gasteiger partial charge in [-0.3, -0.25) is 9.10 Å². The van der Waals surface area contributed by atoms with Gasteiger partial charge in [0.2, 0.25) is 5.91 Å². The Hall–Kier alpha value is -2.34. The summed E-state index contributed by atoms with van der Waals surface area (Å²) in [6, 6.07) is 13.8. The molecule has 6 heteroatoms. The van der Waals surface area contributed by atoms with Crippen molar-refractivity contribution in [2.24, 2.45) is 0 Å². The van der Waals surface area contributed by atoms with E-state index < -0.39 is 10.0 Å². The first kappa shape index (κ1) is 21.0. The van der Waals surface area contributed by atoms with Crippen LogP contribution in [-0.2, 0) is 14.8 Å². The van der Waals surface area contributed by atoms with Gasteiger partial charge in [0.05, 0.1) is 10.6 Å². The van der Waals surface area contributed by atoms with Gasteiger partial charge in [-0.15, -0.1) is 0 Å². The molecule has 0 radical (unpaired) electrons. The molecule has 0 fully saturated rings. The third kappa shape index (κ3) is 5.57. The van der Waals surface area contributed by atoms with Crippen molar-refractivity contribution in [1.82, 2.24) is 5.32 Å². The molecule has 0 aliphatic carbocycles. The van der Waals surface area contributed by atoms with E-state index in [4.69, 9.17) is 0 Å². The van der Waals surface area contributed by atoms with E-state index in [1.54, 1.807) is 36.4 Å². The maximum absolute atomic E-state index is 13.3. The van der Waals surface area contributed by atoms with Crippen LogP contribution in [0, 0.1) is 13.8 Å². The quantitative estimate of drug-likeness (QED) is 0.665. The van der Waals surface area contributed by atoms with Gasteiger partial charge in [-0.05, 0) is 49.6 Å². The first-order valence-electron chi connectivity index (χ1n) is 9.28. The van der Waals surface area contributed by atoms with Crippen molar-refractivity contribution >= 4 is 21.6 Å². The molecular formula is C21H28N2O3S. The predicted molar refractivity (Wildman–Crippen MR) is 109 cm³/mol. The smallest absolute Gasteiger partial charge is 0.264 e. The molecule has 2 rings (SSSR count). The van der Waals surface area contributed by atoms with E-state index in [0.29, 0.717) is 12.2 Å². The lowest BCUT2D eigenvalue weighted by molar-refractivity contribution is -0.119. The summed E-state index contributed by atoms with van der Waals surface area (Å²) >= 11 is 0. The topological polar surface area (TPSA) is 66.5 Å². The molecule has 2 aromatic carbocycles. The molecule has 2 aromatic rings. The molecule has 0 unspecified atom stereocenters. The summed E-state index contributed by atoms with van der Waals surface area (Å²) in [6.45, 7) is 6.16. The van der Waals surface area contributed by atoms with Crippen molar-refractivity contribution in [3.8, 4) is 0 Å². The Kier molecular flexibility index (Phi) is 7.42. The second-order valence-corrected chi connectivity index (χ2v) is 8.53. The lowest BCUT2D eigenvalue weighted by Crippen LogP contribution is -2.41. The van der Waals surface area contributed by atoms with Gasteiger partial charge in [0.25, 0.3) is 10.0 Å². The van der Waals surface area contributed by atoms with Crippen LogP contribution in [0.4, 0.5) is 5.69 Å². The Balaban J connectivity index is 2.35. The minimum atomic E-state index is -3.85. The zero-order chi connectivity index (χ0) is 19.9. The first-order chi connectivity index (χ1) is 12.9. The molecule has 0 saturated heterocycles. The average Bonchev–Trinajstić information content (AvgIpc) is 2.66. The molecule has 0 aromatic heterocycles. The highest BCUT2D eigenvalue weighted by Gasteiger charge is 2.28. The van der Waals surface area contributed by atoms with Crippen LogP contribution in [0.3, 0.4) is 0 Å². The molecular weight excluding hydrogens is 360 g/mol. The molecule has 0 aliphatic rings. The zero-order valence-corrected chi connectivity index (χ0v) is 17.1. The monoisotopic (exact) mass is 388 g/mol. The van der Waals surface area contributed by atoms with E-state index >= 15 is 0 Å². The standard InChI is InChI=1S/C21H28N2O3S/c1-4-5-9-14-22-21(24)16-23(20-15-17(2)12-13-18(20)3)27(25,26)19-10-7-6-8-11-19/h6-8,10-13,15H,4-5,9,14,16H2,1-3H3,(H,22,24). The Morgan fingerprint density at radius 3 is 2.41 bits per heavy atom. The highest BCUT2D eigenvalue weighted by molar-refractivity contribution is 7.92. The van der Waals surface area contributed by atoms with Crippen molar-refractivity contribution in [3.05, 3.63) is 59.7 Å². The molecule has 0 heterocycles. The Bertz CT molecular complexity index is 864. The summed E-state index contributed by atoms with van der Waals surface area (Å²) in [5, 5.41) is 2.83. The molecule has 146 valence electrons. The van der Waals surface area contributed by atoms with Crippen LogP contribution in [0.25, 0.3) is 0 Å². The summed E-state index contributed by atoms with van der Waals surface area (Å²) in [7, 11) is -3.85. The van der Waals surface area contributed by atoms with Crippen LogP contribution in [0.5, 0.6) is 0 Å². The second kappa shape index (κ2) is 9.55. The van der Waals surface area contributed by atoms with Crippen molar-refractivity contribution in [2.45, 2.75) is 44.9 Å². The number of nitrogens with one attached hydrogen (secondary N) is 1. The SMILES string of the molecule is CCCCCNC(=O)CN(c1cc(C)ccc1C)S(=O)(=O)c1ccccc1. The number of unbranched alkanes of at least 4 members (excludes halogenated alkanes) is 2. The van der Waals surface area contributed by atoms with E-state index in [-0.39, 0.29) is 17.3 Å². The van der Waals surface area contributed by atoms with Crippen LogP contribution in [0.2, 0.25) is 0 Å². The minimum absolute atomic E-state index is 0.171. The number of benzene rings is 2. The van der Waals surface area contributed by atoms with Crippen molar-refractivity contribution in [1.29, 1.82) is 0 Å². The van der Waals surface area contributed by atoms with E-state index in [9.17, 15) is 13.2 Å². The second-order valence-electron chi connectivity index (χ2n) is 6.67. The lowest BCUT2D eigenvalue weighted by atomic mass is 10.1. The van der Waals surface area contributed by atoms with E-state index in [1.165, 1.54) is 4.31 Å². The van der Waals surface area contributed by atoms with Crippen LogP contribution < -0.4 is 9.62 Å². The Labute approximate surface area is 162 Å². The summed E-state index contributed by atoms with van der Waals surface area (Å²) in [5.74, 6) is -0.300. The molecule has 0 bridgehead atoms. The number of carbonyl (C=O) groups is 1. The first-order valence-corrected chi connectivity index (χ1v) is 10.7. The Morgan fingerprint density at radius 2 is 1.74 bits per heavy atom. The molecule has 0 spiro atoms. The van der Waals surface area contributed by atoms with Crippen LogP contribution >= 0.6 is 0 Å². The van der Waals surface area contributed by atoms with E-state index in [1.807, 2.05) is 26.0 Å². The molecule has 1 N–H and O–H groups in total. The molecule has 1 amide bonds. The minimum Gasteiger partial charge on any atom is -0.355 e. The highest BCUT2D eigenvalue weighted by Crippen LogP contribution is 2.27. The van der Waals surface area contributed by atoms with Gasteiger partial charge in [-0.25, -0.2) is 8.42 Å². The molecule has 0 aliphatic heterocycles. The zero-order valence-electron chi connectivity index (χ0n) is 16.2. The summed E-state index contributed by atoms with van der Waals surface area (Å²) in [6.07, 6.45) is 2.98. The van der Waals surface area contributed by atoms with Crippen LogP contribution in [-0.4, -0.2) is 27.4 Å². The highest BCUT2D eigenvalue weighted by atomic mass is 32.2. The fourth-order valence-electron chi connectivity index (χ4n) is 2.80. The average molecular weight is 389 g/mol. The van der Waals surface area contributed by atoms with Crippen molar-refractivity contribution in [2.75, 3.05) is 17.4 Å². The largest absolute Gasteiger partial charge is 0.355 e. The fourth-order valence-corrected chi connectivity index (χ4v) is 4.30. The lowest BCUT2D eigenvalue weighted by Gasteiger charge is -2.26. The van der Waals surface area contributed by atoms with E-state index in [2.05, 4.69) is 12.2 Å². The van der Waals surface area contributed by atoms with Gasteiger partial charge in [0.1, 0.15) is 6.54 Å². The number of rotatable bonds is 9. The molecule has 0 atom stereocenters. The number of sulfonamides is 1. The summed E-state index contributed by atoms with van der Waals surface area (Å²) in [5.41, 5.74) is 2.27. The van der Waals surface area contributed by atoms with E-state index in [0.717, 1.165) is 30.4 Å². The summed E-state index contributed by atoms with van der Waals surface area (Å²) in [4.78, 5) is 12.6. The number of hydrogen-bond donors (Lipinski definition) is 1. The number of hydrogen-bond acceptors (Lipinski definition) is 3. The van der Waals surface area contributed by atoms with Gasteiger partial charge in [-0.2, -0.15) is 0 Å². The van der Waals surface area contributed by atoms with Crippen LogP contribution in [0.15, 0.2) is 53.4 Å². The van der Waals surface area contributed by atoms with Crippen LogP contribution in [0.1, 0.15) is 37.3 Å². The third-order valence-corrected chi connectivity index (χ3v) is 6.13. The maximum Gasteiger partial charge on any atom is 0.264 e. The number of aryl methyl sites for hydroxylation is 2. The fraction of sp³-hybridized carbons (Fsp3) is 0.381. The van der Waals surface area contributed by atoms with Gasteiger partial charge in [0.15, 0.2) is 0 Å². The van der Waals surface area contributed by atoms with Crippen molar-refractivity contribution in [3.63, 3.8) is 0 Å². The summed E-state index contributed by atoms with van der Waals surface area (Å²) < 4.78 is 27.7. The Morgan fingerprint density at radius 1 is 1.04 bits per heavy atom.